The van der Waals surface area contributed by atoms with Crippen LogP contribution in [0.2, 0.25) is 0 Å². The van der Waals surface area contributed by atoms with Crippen LogP contribution in [0.1, 0.15) is 18.6 Å². The molecule has 0 aliphatic carbocycles. The molecule has 8 nitrogen and oxygen atoms in total. The lowest BCUT2D eigenvalue weighted by atomic mass is 10.3. The molecule has 1 aromatic heterocycles. The van der Waals surface area contributed by atoms with E-state index in [1.807, 2.05) is 0 Å². The maximum atomic E-state index is 12.5. The van der Waals surface area contributed by atoms with E-state index in [1.54, 1.807) is 25.2 Å². The minimum absolute atomic E-state index is 0.0121. The fourth-order valence-electron chi connectivity index (χ4n) is 2.64. The molecule has 1 aliphatic heterocycles. The van der Waals surface area contributed by atoms with Crippen LogP contribution in [0.3, 0.4) is 0 Å². The minimum atomic E-state index is -3.76. The number of carbonyl (C=O) groups excluding carboxylic acids is 1. The number of halogens is 1. The molecule has 1 N–H and O–H groups in total. The molecular weight excluding hydrogens is 452 g/mol. The molecule has 10 heteroatoms. The van der Waals surface area contributed by atoms with E-state index in [2.05, 4.69) is 20.7 Å². The Morgan fingerprint density at radius 1 is 1.18 bits per heavy atom. The number of hydrogen-bond acceptors (Lipinski definition) is 6. The topological polar surface area (TPSA) is 98.1 Å². The molecule has 1 amide bonds. The van der Waals surface area contributed by atoms with E-state index in [0.717, 1.165) is 6.42 Å². The van der Waals surface area contributed by atoms with Crippen molar-refractivity contribution in [2.24, 2.45) is 0 Å². The number of hydrogen-bond donors (Lipinski definition) is 1. The van der Waals surface area contributed by atoms with E-state index < -0.39 is 10.0 Å². The molecule has 0 radical (unpaired) electrons. The van der Waals surface area contributed by atoms with Gasteiger partial charge in [-0.25, -0.2) is 13.1 Å². The predicted octanol–water partition coefficient (Wildman–Crippen LogP) is 2.53. The lowest BCUT2D eigenvalue weighted by molar-refractivity contribution is -0.130. The number of ether oxygens (including phenoxy) is 2. The van der Waals surface area contributed by atoms with Crippen LogP contribution < -0.4 is 14.2 Å². The van der Waals surface area contributed by atoms with Gasteiger partial charge in [0, 0.05) is 32.5 Å². The highest BCUT2D eigenvalue weighted by atomic mass is 79.9. The first kappa shape index (κ1) is 20.7. The Kier molecular flexibility index (Phi) is 6.63. The van der Waals surface area contributed by atoms with Gasteiger partial charge in [0.25, 0.3) is 0 Å². The van der Waals surface area contributed by atoms with E-state index in [1.165, 1.54) is 17.0 Å². The van der Waals surface area contributed by atoms with Crippen molar-refractivity contribution in [2.45, 2.75) is 24.3 Å². The molecule has 1 aliphatic rings. The third kappa shape index (κ3) is 5.27. The molecule has 1 aromatic carbocycles. The monoisotopic (exact) mass is 472 g/mol. The van der Waals surface area contributed by atoms with Gasteiger partial charge in [-0.05, 0) is 40.2 Å². The molecule has 0 atom stereocenters. The van der Waals surface area contributed by atoms with Crippen molar-refractivity contribution in [2.75, 3.05) is 26.8 Å². The summed E-state index contributed by atoms with van der Waals surface area (Å²) in [6.45, 7) is 1.29. The summed E-state index contributed by atoms with van der Waals surface area (Å²) in [6, 6.07) is 7.98. The molecule has 2 heterocycles. The zero-order valence-electron chi connectivity index (χ0n) is 15.3. The van der Waals surface area contributed by atoms with E-state index >= 15 is 0 Å². The van der Waals surface area contributed by atoms with Crippen molar-refractivity contribution in [3.05, 3.63) is 40.8 Å². The molecular formula is C18H21BrN2O6S. The van der Waals surface area contributed by atoms with E-state index in [0.29, 0.717) is 41.7 Å². The average molecular weight is 473 g/mol. The van der Waals surface area contributed by atoms with Gasteiger partial charge in [-0.3, -0.25) is 4.79 Å². The largest absolute Gasteiger partial charge is 0.490 e. The van der Waals surface area contributed by atoms with Gasteiger partial charge < -0.3 is 18.8 Å². The second-order valence-corrected chi connectivity index (χ2v) is 8.81. The molecule has 152 valence electrons. The van der Waals surface area contributed by atoms with Crippen molar-refractivity contribution in [1.29, 1.82) is 0 Å². The number of carbonyl (C=O) groups is 1. The van der Waals surface area contributed by atoms with Crippen molar-refractivity contribution in [1.82, 2.24) is 9.62 Å². The summed E-state index contributed by atoms with van der Waals surface area (Å²) in [5.74, 6) is 1.36. The van der Waals surface area contributed by atoms with Crippen LogP contribution >= 0.6 is 15.9 Å². The summed E-state index contributed by atoms with van der Waals surface area (Å²) in [5.41, 5.74) is 0. The Balaban J connectivity index is 1.54. The highest BCUT2D eigenvalue weighted by molar-refractivity contribution is 9.10. The molecule has 0 saturated carbocycles. The van der Waals surface area contributed by atoms with Gasteiger partial charge >= 0.3 is 0 Å². The lowest BCUT2D eigenvalue weighted by Crippen LogP contribution is -2.31. The van der Waals surface area contributed by atoms with Crippen LogP contribution in [0.15, 0.2) is 44.3 Å². The molecule has 2 aromatic rings. The van der Waals surface area contributed by atoms with Gasteiger partial charge in [0.15, 0.2) is 16.2 Å². The van der Waals surface area contributed by atoms with Crippen LogP contribution in [0.4, 0.5) is 0 Å². The maximum absolute atomic E-state index is 12.5. The van der Waals surface area contributed by atoms with Gasteiger partial charge in [-0.15, -0.1) is 0 Å². The normalized spacial score (nSPS) is 13.8. The minimum Gasteiger partial charge on any atom is -0.490 e. The first-order valence-electron chi connectivity index (χ1n) is 8.72. The summed E-state index contributed by atoms with van der Waals surface area (Å²) in [7, 11) is -2.13. The number of furan rings is 1. The van der Waals surface area contributed by atoms with E-state index in [9.17, 15) is 13.2 Å². The number of amides is 1. The molecule has 0 fully saturated rings. The highest BCUT2D eigenvalue weighted by Crippen LogP contribution is 2.31. The maximum Gasteiger partial charge on any atom is 0.240 e. The fourth-order valence-corrected chi connectivity index (χ4v) is 4.02. The molecule has 0 unspecified atom stereocenters. The molecule has 3 rings (SSSR count). The highest BCUT2D eigenvalue weighted by Gasteiger charge is 2.19. The summed E-state index contributed by atoms with van der Waals surface area (Å²) in [5, 5.41) is 0. The summed E-state index contributed by atoms with van der Waals surface area (Å²) in [4.78, 5) is 13.8. The SMILES string of the molecule is CN(Cc1ccc(Br)o1)C(=O)CCNS(=O)(=O)c1ccc2c(c1)OCCCO2. The Hall–Kier alpha value is -2.04. The first-order valence-corrected chi connectivity index (χ1v) is 11.0. The second-order valence-electron chi connectivity index (χ2n) is 6.26. The van der Waals surface area contributed by atoms with Crippen LogP contribution in [0, 0.1) is 0 Å². The molecule has 0 bridgehead atoms. The third-order valence-corrected chi connectivity index (χ3v) is 5.99. The predicted molar refractivity (Wildman–Crippen MR) is 105 cm³/mol. The van der Waals surface area contributed by atoms with Crippen LogP contribution in [-0.2, 0) is 21.4 Å². The van der Waals surface area contributed by atoms with Crippen LogP contribution in [-0.4, -0.2) is 46.0 Å². The lowest BCUT2D eigenvalue weighted by Gasteiger charge is -2.16. The Labute approximate surface area is 172 Å². The van der Waals surface area contributed by atoms with Crippen molar-refractivity contribution < 1.29 is 27.1 Å². The fraction of sp³-hybridized carbons (Fsp3) is 0.389. The first-order chi connectivity index (χ1) is 13.3. The number of rotatable bonds is 7. The van der Waals surface area contributed by atoms with Gasteiger partial charge in [0.05, 0.1) is 24.7 Å². The van der Waals surface area contributed by atoms with Crippen molar-refractivity contribution in [3.63, 3.8) is 0 Å². The molecule has 0 saturated heterocycles. The second kappa shape index (κ2) is 8.97. The third-order valence-electron chi connectivity index (χ3n) is 4.11. The standard InChI is InChI=1S/C18H21BrN2O6S/c1-21(12-13-3-6-17(19)27-13)18(22)7-8-20-28(23,24)14-4-5-15-16(11-14)26-10-2-9-25-15/h3-6,11,20H,2,7-10,12H2,1H3. The Morgan fingerprint density at radius 3 is 2.64 bits per heavy atom. The molecule has 28 heavy (non-hydrogen) atoms. The quantitative estimate of drug-likeness (QED) is 0.664. The number of sulfonamides is 1. The van der Waals surface area contributed by atoms with E-state index in [-0.39, 0.29) is 23.8 Å². The number of nitrogens with zero attached hydrogens (tertiary/aromatic N) is 1. The van der Waals surface area contributed by atoms with Gasteiger partial charge in [-0.1, -0.05) is 0 Å². The van der Waals surface area contributed by atoms with Gasteiger partial charge in [0.1, 0.15) is 5.76 Å². The van der Waals surface area contributed by atoms with E-state index in [4.69, 9.17) is 13.9 Å². The summed E-state index contributed by atoms with van der Waals surface area (Å²) >= 11 is 3.21. The van der Waals surface area contributed by atoms with Gasteiger partial charge in [-0.2, -0.15) is 0 Å². The summed E-state index contributed by atoms with van der Waals surface area (Å²) < 4.78 is 44.4. The zero-order chi connectivity index (χ0) is 20.1. The Morgan fingerprint density at radius 2 is 1.93 bits per heavy atom. The summed E-state index contributed by atoms with van der Waals surface area (Å²) in [6.07, 6.45) is 0.766. The zero-order valence-corrected chi connectivity index (χ0v) is 17.7. The van der Waals surface area contributed by atoms with Gasteiger partial charge in [0.2, 0.25) is 15.9 Å². The van der Waals surface area contributed by atoms with Crippen LogP contribution in [0.5, 0.6) is 11.5 Å². The number of benzene rings is 1. The van der Waals surface area contributed by atoms with Crippen molar-refractivity contribution >= 4 is 31.9 Å². The molecule has 0 spiro atoms. The average Bonchev–Trinajstić information content (AvgIpc) is 2.92. The van der Waals surface area contributed by atoms with Crippen molar-refractivity contribution in [3.8, 4) is 11.5 Å². The number of fused-ring (bicyclic) bond motifs is 1. The van der Waals surface area contributed by atoms with Crippen LogP contribution in [0.25, 0.3) is 0 Å². The smallest absolute Gasteiger partial charge is 0.240 e. The number of nitrogens with one attached hydrogen (secondary N) is 1. The Bertz CT molecular complexity index is 943.